The van der Waals surface area contributed by atoms with Crippen LogP contribution in [-0.2, 0) is 11.3 Å². The molecule has 1 saturated heterocycles. The van der Waals surface area contributed by atoms with Crippen LogP contribution in [0.5, 0.6) is 0 Å². The van der Waals surface area contributed by atoms with Crippen molar-refractivity contribution in [2.75, 3.05) is 46.4 Å². The van der Waals surface area contributed by atoms with Crippen LogP contribution < -0.4 is 0 Å². The third-order valence-electron chi connectivity index (χ3n) is 4.43. The van der Waals surface area contributed by atoms with Crippen LogP contribution in [-0.4, -0.2) is 77.1 Å². The second-order valence-corrected chi connectivity index (χ2v) is 6.27. The minimum Gasteiger partial charge on any atom is -0.383 e. The Morgan fingerprint density at radius 3 is 2.69 bits per heavy atom. The van der Waals surface area contributed by atoms with E-state index in [2.05, 4.69) is 15.2 Å². The van der Waals surface area contributed by atoms with E-state index >= 15 is 0 Å². The summed E-state index contributed by atoms with van der Waals surface area (Å²) in [5.74, 6) is -0.0466. The Morgan fingerprint density at radius 1 is 1.19 bits per heavy atom. The van der Waals surface area contributed by atoms with Crippen LogP contribution in [0.25, 0.3) is 6.08 Å². The molecule has 7 nitrogen and oxygen atoms in total. The quantitative estimate of drug-likeness (QED) is 0.751. The maximum atomic E-state index is 12.6. The van der Waals surface area contributed by atoms with E-state index in [4.69, 9.17) is 4.74 Å². The zero-order valence-corrected chi connectivity index (χ0v) is 15.1. The molecule has 0 atom stereocenters. The van der Waals surface area contributed by atoms with Crippen molar-refractivity contribution in [2.45, 2.75) is 6.54 Å². The largest absolute Gasteiger partial charge is 0.383 e. The monoisotopic (exact) mass is 355 g/mol. The lowest BCUT2D eigenvalue weighted by Gasteiger charge is -2.34. The van der Waals surface area contributed by atoms with E-state index in [-0.39, 0.29) is 5.91 Å². The van der Waals surface area contributed by atoms with Gasteiger partial charge in [-0.2, -0.15) is 0 Å². The van der Waals surface area contributed by atoms with Crippen molar-refractivity contribution < 1.29 is 9.53 Å². The van der Waals surface area contributed by atoms with Gasteiger partial charge in [-0.05, 0) is 5.56 Å². The van der Waals surface area contributed by atoms with Crippen LogP contribution in [0.4, 0.5) is 0 Å². The Balaban J connectivity index is 1.50. The Morgan fingerprint density at radius 2 is 1.96 bits per heavy atom. The fraction of sp³-hybridized carbons (Fsp3) is 0.421. The highest BCUT2D eigenvalue weighted by Crippen LogP contribution is 2.07. The summed E-state index contributed by atoms with van der Waals surface area (Å²) >= 11 is 0. The normalized spacial score (nSPS) is 15.7. The molecule has 0 bridgehead atoms. The maximum Gasteiger partial charge on any atom is 0.276 e. The van der Waals surface area contributed by atoms with Gasteiger partial charge in [0, 0.05) is 39.8 Å². The highest BCUT2D eigenvalue weighted by Gasteiger charge is 2.23. The number of hydrogen-bond acceptors (Lipinski definition) is 5. The van der Waals surface area contributed by atoms with Crippen LogP contribution in [0.15, 0.2) is 42.6 Å². The second-order valence-electron chi connectivity index (χ2n) is 6.27. The van der Waals surface area contributed by atoms with Crippen molar-refractivity contribution in [3.05, 3.63) is 53.9 Å². The summed E-state index contributed by atoms with van der Waals surface area (Å²) in [5.41, 5.74) is 1.54. The van der Waals surface area contributed by atoms with Gasteiger partial charge in [0.05, 0.1) is 19.3 Å². The molecular weight excluding hydrogens is 330 g/mol. The number of carbonyl (C=O) groups excluding carboxylic acids is 1. The van der Waals surface area contributed by atoms with E-state index in [0.717, 1.165) is 31.8 Å². The molecule has 0 radical (unpaired) electrons. The van der Waals surface area contributed by atoms with E-state index < -0.39 is 0 Å². The Bertz CT molecular complexity index is 721. The molecular formula is C19H25N5O2. The molecule has 2 aromatic rings. The molecule has 0 aliphatic carbocycles. The topological polar surface area (TPSA) is 63.5 Å². The summed E-state index contributed by atoms with van der Waals surface area (Å²) in [6.07, 6.45) is 5.75. The van der Waals surface area contributed by atoms with Gasteiger partial charge in [0.15, 0.2) is 5.69 Å². The molecule has 3 rings (SSSR count). The molecule has 1 aliphatic rings. The molecule has 1 aromatic carbocycles. The van der Waals surface area contributed by atoms with E-state index in [1.165, 1.54) is 0 Å². The number of nitrogens with zero attached hydrogens (tertiary/aromatic N) is 5. The minimum atomic E-state index is -0.0466. The second kappa shape index (κ2) is 9.26. The number of allylic oxidation sites excluding steroid dienone is 1. The van der Waals surface area contributed by atoms with E-state index in [1.54, 1.807) is 18.0 Å². The van der Waals surface area contributed by atoms with Crippen molar-refractivity contribution in [2.24, 2.45) is 0 Å². The lowest BCUT2D eigenvalue weighted by Crippen LogP contribution is -2.49. The number of methoxy groups -OCH3 is 1. The van der Waals surface area contributed by atoms with Crippen molar-refractivity contribution in [1.29, 1.82) is 0 Å². The Labute approximate surface area is 153 Å². The van der Waals surface area contributed by atoms with Gasteiger partial charge in [-0.25, -0.2) is 4.68 Å². The van der Waals surface area contributed by atoms with Gasteiger partial charge in [-0.15, -0.1) is 5.10 Å². The SMILES string of the molecule is COCCN1CCN(C(=O)c2cn(CC=Cc3ccccc3)nn2)CC1. The summed E-state index contributed by atoms with van der Waals surface area (Å²) in [6.45, 7) is 5.36. The smallest absolute Gasteiger partial charge is 0.276 e. The van der Waals surface area contributed by atoms with Gasteiger partial charge in [0.25, 0.3) is 5.91 Å². The van der Waals surface area contributed by atoms with Crippen molar-refractivity contribution >= 4 is 12.0 Å². The molecule has 1 fully saturated rings. The number of hydrogen-bond donors (Lipinski definition) is 0. The summed E-state index contributed by atoms with van der Waals surface area (Å²) in [4.78, 5) is 16.7. The van der Waals surface area contributed by atoms with Gasteiger partial charge >= 0.3 is 0 Å². The van der Waals surface area contributed by atoms with Gasteiger partial charge in [-0.3, -0.25) is 9.69 Å². The number of ether oxygens (including phenoxy) is 1. The van der Waals surface area contributed by atoms with E-state index in [1.807, 2.05) is 47.4 Å². The summed E-state index contributed by atoms with van der Waals surface area (Å²) in [5, 5.41) is 8.10. The van der Waals surface area contributed by atoms with Crippen molar-refractivity contribution in [1.82, 2.24) is 24.8 Å². The molecule has 1 amide bonds. The molecule has 138 valence electrons. The molecule has 0 saturated carbocycles. The van der Waals surface area contributed by atoms with Gasteiger partial charge < -0.3 is 9.64 Å². The molecule has 26 heavy (non-hydrogen) atoms. The first-order valence-electron chi connectivity index (χ1n) is 8.88. The molecule has 0 N–H and O–H groups in total. The molecule has 1 aromatic heterocycles. The van der Waals surface area contributed by atoms with Gasteiger partial charge in [0.1, 0.15) is 0 Å². The lowest BCUT2D eigenvalue weighted by atomic mass is 10.2. The number of carbonyl (C=O) groups is 1. The maximum absolute atomic E-state index is 12.6. The summed E-state index contributed by atoms with van der Waals surface area (Å²) < 4.78 is 6.78. The van der Waals surface area contributed by atoms with Crippen molar-refractivity contribution in [3.63, 3.8) is 0 Å². The first kappa shape index (κ1) is 18.3. The summed E-state index contributed by atoms with van der Waals surface area (Å²) in [6, 6.07) is 10.1. The van der Waals surface area contributed by atoms with Crippen LogP contribution in [0.1, 0.15) is 16.1 Å². The van der Waals surface area contributed by atoms with E-state index in [0.29, 0.717) is 25.3 Å². The highest BCUT2D eigenvalue weighted by atomic mass is 16.5. The van der Waals surface area contributed by atoms with Gasteiger partial charge in [-0.1, -0.05) is 47.7 Å². The first-order chi connectivity index (χ1) is 12.8. The number of amides is 1. The predicted molar refractivity (Wildman–Crippen MR) is 99.7 cm³/mol. The van der Waals surface area contributed by atoms with Crippen LogP contribution in [0.2, 0.25) is 0 Å². The lowest BCUT2D eigenvalue weighted by molar-refractivity contribution is 0.0589. The van der Waals surface area contributed by atoms with Crippen LogP contribution in [0.3, 0.4) is 0 Å². The van der Waals surface area contributed by atoms with E-state index in [9.17, 15) is 4.79 Å². The minimum absolute atomic E-state index is 0.0466. The summed E-state index contributed by atoms with van der Waals surface area (Å²) in [7, 11) is 1.71. The third-order valence-corrected chi connectivity index (χ3v) is 4.43. The number of piperazine rings is 1. The third kappa shape index (κ3) is 5.00. The molecule has 7 heteroatoms. The first-order valence-corrected chi connectivity index (χ1v) is 8.88. The van der Waals surface area contributed by atoms with Crippen molar-refractivity contribution in [3.8, 4) is 0 Å². The zero-order chi connectivity index (χ0) is 18.2. The number of benzene rings is 1. The average molecular weight is 355 g/mol. The highest BCUT2D eigenvalue weighted by molar-refractivity contribution is 5.92. The molecule has 0 unspecified atom stereocenters. The number of rotatable bonds is 7. The zero-order valence-electron chi connectivity index (χ0n) is 15.1. The predicted octanol–water partition coefficient (Wildman–Crippen LogP) is 1.40. The van der Waals surface area contributed by atoms with Crippen LogP contribution >= 0.6 is 0 Å². The Kier molecular flexibility index (Phi) is 6.51. The average Bonchev–Trinajstić information content (AvgIpc) is 3.16. The molecule has 1 aliphatic heterocycles. The Hall–Kier alpha value is -2.51. The fourth-order valence-corrected chi connectivity index (χ4v) is 2.90. The van der Waals surface area contributed by atoms with Gasteiger partial charge in [0.2, 0.25) is 0 Å². The van der Waals surface area contributed by atoms with Crippen LogP contribution in [0, 0.1) is 0 Å². The standard InChI is InChI=1S/C19H25N5O2/c1-26-15-14-22-10-12-23(13-11-22)19(25)18-16-24(21-20-18)9-5-8-17-6-3-2-4-7-17/h2-8,16H,9-15H2,1H3. The molecule has 2 heterocycles. The molecule has 0 spiro atoms. The number of aromatic nitrogens is 3. The fourth-order valence-electron chi connectivity index (χ4n) is 2.90.